The first-order valence-electron chi connectivity index (χ1n) is 14.5. The molecule has 43 heavy (non-hydrogen) atoms. The third kappa shape index (κ3) is 6.54. The van der Waals surface area contributed by atoms with Crippen molar-refractivity contribution in [3.8, 4) is 5.82 Å². The number of likely N-dealkylation sites (tertiary alicyclic amines) is 1. The van der Waals surface area contributed by atoms with E-state index in [4.69, 9.17) is 0 Å². The molecule has 6 rings (SSSR count). The highest BCUT2D eigenvalue weighted by molar-refractivity contribution is 7.89. The molecule has 0 bridgehead atoms. The SMILES string of the molecule is O=S(=O)(c1ccc(Nc2nccc(-n3ccc4ccc(C(F)(F)F)cc43)n2)cc1)N(CCN1CCCC1)C1CCNCC1. The van der Waals surface area contributed by atoms with E-state index in [0.717, 1.165) is 70.5 Å². The molecule has 2 N–H and O–H groups in total. The molecule has 9 nitrogen and oxygen atoms in total. The van der Waals surface area contributed by atoms with E-state index in [2.05, 4.69) is 25.5 Å². The van der Waals surface area contributed by atoms with Crippen molar-refractivity contribution in [1.82, 2.24) is 29.1 Å². The van der Waals surface area contributed by atoms with E-state index in [-0.39, 0.29) is 16.9 Å². The summed E-state index contributed by atoms with van der Waals surface area (Å²) in [5, 5.41) is 7.05. The molecule has 4 heterocycles. The quantitative estimate of drug-likeness (QED) is 0.274. The number of alkyl halides is 3. The molecule has 0 amide bonds. The molecule has 0 aliphatic carbocycles. The maximum atomic E-state index is 13.8. The number of nitrogens with one attached hydrogen (secondary N) is 2. The number of hydrogen-bond donors (Lipinski definition) is 2. The van der Waals surface area contributed by atoms with Gasteiger partial charge in [-0.05, 0) is 100 Å². The molecular weight excluding hydrogens is 579 g/mol. The van der Waals surface area contributed by atoms with E-state index < -0.39 is 21.8 Å². The van der Waals surface area contributed by atoms with Crippen molar-refractivity contribution in [3.63, 3.8) is 0 Å². The van der Waals surface area contributed by atoms with Gasteiger partial charge in [-0.15, -0.1) is 0 Å². The van der Waals surface area contributed by atoms with Gasteiger partial charge in [0.2, 0.25) is 16.0 Å². The smallest absolute Gasteiger partial charge is 0.324 e. The van der Waals surface area contributed by atoms with Crippen LogP contribution in [0.3, 0.4) is 0 Å². The first-order chi connectivity index (χ1) is 20.7. The predicted molar refractivity (Wildman–Crippen MR) is 159 cm³/mol. The molecule has 0 radical (unpaired) electrons. The minimum atomic E-state index is -4.46. The number of rotatable bonds is 9. The number of benzene rings is 2. The Morgan fingerprint density at radius 1 is 1.00 bits per heavy atom. The van der Waals surface area contributed by atoms with Crippen LogP contribution in [0.1, 0.15) is 31.2 Å². The fourth-order valence-electron chi connectivity index (χ4n) is 5.86. The van der Waals surface area contributed by atoms with Crippen LogP contribution in [0.2, 0.25) is 0 Å². The Morgan fingerprint density at radius 3 is 2.47 bits per heavy atom. The van der Waals surface area contributed by atoms with Crippen LogP contribution in [0.5, 0.6) is 0 Å². The van der Waals surface area contributed by atoms with Gasteiger partial charge < -0.3 is 20.1 Å². The van der Waals surface area contributed by atoms with Crippen molar-refractivity contribution in [2.75, 3.05) is 44.6 Å². The van der Waals surface area contributed by atoms with E-state index in [1.165, 1.54) is 12.3 Å². The molecule has 2 saturated heterocycles. The number of nitrogens with zero attached hydrogens (tertiary/aromatic N) is 5. The normalized spacial score (nSPS) is 17.2. The van der Waals surface area contributed by atoms with Crippen LogP contribution < -0.4 is 10.6 Å². The largest absolute Gasteiger partial charge is 0.416 e. The zero-order valence-corrected chi connectivity index (χ0v) is 24.4. The summed E-state index contributed by atoms with van der Waals surface area (Å²) in [6.07, 6.45) is 2.58. The van der Waals surface area contributed by atoms with Gasteiger partial charge in [0.05, 0.1) is 16.0 Å². The number of fused-ring (bicyclic) bond motifs is 1. The van der Waals surface area contributed by atoms with Gasteiger partial charge in [-0.1, -0.05) is 6.07 Å². The average Bonchev–Trinajstić information content (AvgIpc) is 3.68. The Kier molecular flexibility index (Phi) is 8.40. The summed E-state index contributed by atoms with van der Waals surface area (Å²) in [4.78, 5) is 11.3. The lowest BCUT2D eigenvalue weighted by Gasteiger charge is -2.34. The van der Waals surface area contributed by atoms with Crippen LogP contribution in [0.15, 0.2) is 71.9 Å². The van der Waals surface area contributed by atoms with Crippen LogP contribution in [0, 0.1) is 0 Å². The zero-order chi connectivity index (χ0) is 30.0. The molecule has 0 saturated carbocycles. The van der Waals surface area contributed by atoms with Gasteiger partial charge in [-0.2, -0.15) is 22.5 Å². The van der Waals surface area contributed by atoms with Gasteiger partial charge in [0.1, 0.15) is 5.82 Å². The molecule has 2 aromatic heterocycles. The molecule has 13 heteroatoms. The molecule has 4 aromatic rings. The third-order valence-electron chi connectivity index (χ3n) is 8.18. The van der Waals surface area contributed by atoms with Crippen LogP contribution in [-0.2, 0) is 16.2 Å². The van der Waals surface area contributed by atoms with E-state index in [1.54, 1.807) is 51.5 Å². The summed E-state index contributed by atoms with van der Waals surface area (Å²) in [7, 11) is -3.72. The minimum absolute atomic E-state index is 0.0419. The summed E-state index contributed by atoms with van der Waals surface area (Å²) in [5.41, 5.74) is 0.215. The predicted octanol–water partition coefficient (Wildman–Crippen LogP) is 5.02. The van der Waals surface area contributed by atoms with Gasteiger partial charge in [0.15, 0.2) is 0 Å². The monoisotopic (exact) mass is 613 g/mol. The van der Waals surface area contributed by atoms with Crippen LogP contribution in [0.4, 0.5) is 24.8 Å². The number of halogens is 3. The highest BCUT2D eigenvalue weighted by Gasteiger charge is 2.33. The molecule has 2 aliphatic rings. The lowest BCUT2D eigenvalue weighted by atomic mass is 10.1. The summed E-state index contributed by atoms with van der Waals surface area (Å²) < 4.78 is 70.9. The fraction of sp³-hybridized carbons (Fsp3) is 0.400. The van der Waals surface area contributed by atoms with E-state index in [0.29, 0.717) is 29.0 Å². The molecule has 2 aliphatic heterocycles. The first kappa shape index (κ1) is 29.5. The fourth-order valence-corrected chi connectivity index (χ4v) is 7.54. The summed E-state index contributed by atoms with van der Waals surface area (Å²) in [5.74, 6) is 0.616. The molecule has 0 spiro atoms. The Bertz CT molecular complexity index is 1660. The molecule has 0 atom stereocenters. The van der Waals surface area contributed by atoms with Gasteiger partial charge in [0, 0.05) is 42.6 Å². The van der Waals surface area contributed by atoms with Gasteiger partial charge in [-0.3, -0.25) is 0 Å². The molecular formula is C30H34F3N7O2S. The summed E-state index contributed by atoms with van der Waals surface area (Å²) in [6, 6.07) is 13.4. The Hall–Kier alpha value is -3.52. The summed E-state index contributed by atoms with van der Waals surface area (Å²) in [6.45, 7) is 4.81. The second-order valence-corrected chi connectivity index (χ2v) is 12.9. The second kappa shape index (κ2) is 12.2. The van der Waals surface area contributed by atoms with Crippen molar-refractivity contribution in [1.29, 1.82) is 0 Å². The van der Waals surface area contributed by atoms with E-state index in [9.17, 15) is 21.6 Å². The van der Waals surface area contributed by atoms with Crippen molar-refractivity contribution in [2.45, 2.75) is 42.8 Å². The van der Waals surface area contributed by atoms with Crippen molar-refractivity contribution in [3.05, 3.63) is 72.6 Å². The maximum Gasteiger partial charge on any atom is 0.416 e. The molecule has 0 unspecified atom stereocenters. The highest BCUT2D eigenvalue weighted by atomic mass is 32.2. The topological polar surface area (TPSA) is 95.4 Å². The van der Waals surface area contributed by atoms with E-state index >= 15 is 0 Å². The standard InChI is InChI=1S/C30H34F3N7O2S/c31-30(32,33)23-4-3-22-12-18-39(27(22)21-23)28-11-15-35-29(37-28)36-24-5-7-26(8-6-24)43(41,42)40(25-9-13-34-14-10-25)20-19-38-16-1-2-17-38/h3-8,11-12,15,18,21,25,34H,1-2,9-10,13-14,16-17,19-20H2,(H,35,36,37). The molecule has 2 aromatic carbocycles. The Labute approximate surface area is 248 Å². The van der Waals surface area contributed by atoms with Crippen LogP contribution >= 0.6 is 0 Å². The van der Waals surface area contributed by atoms with Gasteiger partial charge >= 0.3 is 6.18 Å². The van der Waals surface area contributed by atoms with Crippen LogP contribution in [0.25, 0.3) is 16.7 Å². The highest BCUT2D eigenvalue weighted by Crippen LogP contribution is 2.32. The Morgan fingerprint density at radius 2 is 1.74 bits per heavy atom. The summed E-state index contributed by atoms with van der Waals surface area (Å²) >= 11 is 0. The average molecular weight is 614 g/mol. The lowest BCUT2D eigenvalue weighted by Crippen LogP contribution is -2.48. The Balaban J connectivity index is 1.20. The number of hydrogen-bond acceptors (Lipinski definition) is 7. The first-order valence-corrected chi connectivity index (χ1v) is 16.0. The molecule has 228 valence electrons. The minimum Gasteiger partial charge on any atom is -0.324 e. The maximum absolute atomic E-state index is 13.8. The van der Waals surface area contributed by atoms with Crippen molar-refractivity contribution in [2.24, 2.45) is 0 Å². The second-order valence-electron chi connectivity index (χ2n) is 11.0. The van der Waals surface area contributed by atoms with Gasteiger partial charge in [0.25, 0.3) is 0 Å². The molecule has 2 fully saturated rings. The van der Waals surface area contributed by atoms with E-state index in [1.807, 2.05) is 0 Å². The number of sulfonamides is 1. The number of aromatic nitrogens is 3. The van der Waals surface area contributed by atoms with Crippen molar-refractivity contribution < 1.29 is 21.6 Å². The zero-order valence-electron chi connectivity index (χ0n) is 23.6. The number of piperidine rings is 1. The van der Waals surface area contributed by atoms with Crippen molar-refractivity contribution >= 4 is 32.6 Å². The lowest BCUT2D eigenvalue weighted by molar-refractivity contribution is -0.137. The number of anilines is 2. The van der Waals surface area contributed by atoms with Gasteiger partial charge in [-0.25, -0.2) is 13.4 Å². The van der Waals surface area contributed by atoms with Crippen LogP contribution in [-0.4, -0.2) is 77.5 Å². The third-order valence-corrected chi connectivity index (χ3v) is 10.1.